The molecule has 0 spiro atoms. The Morgan fingerprint density at radius 1 is 1.19 bits per heavy atom. The van der Waals surface area contributed by atoms with Gasteiger partial charge in [-0.3, -0.25) is 0 Å². The van der Waals surface area contributed by atoms with Crippen LogP contribution < -0.4 is 10.2 Å². The van der Waals surface area contributed by atoms with Crippen molar-refractivity contribution in [2.45, 2.75) is 59.2 Å². The minimum atomic E-state index is -0.457. The maximum Gasteiger partial charge on any atom is 0.149 e. The van der Waals surface area contributed by atoms with E-state index in [4.69, 9.17) is 0 Å². The van der Waals surface area contributed by atoms with Gasteiger partial charge in [-0.1, -0.05) is 6.92 Å². The van der Waals surface area contributed by atoms with Crippen LogP contribution in [0.25, 0.3) is 0 Å². The zero-order chi connectivity index (χ0) is 15.8. The summed E-state index contributed by atoms with van der Waals surface area (Å²) in [4.78, 5) is 1.86. The van der Waals surface area contributed by atoms with Crippen LogP contribution in [-0.2, 0) is 6.54 Å². The van der Waals surface area contributed by atoms with Gasteiger partial charge in [0.1, 0.15) is 17.3 Å². The minimum Gasteiger partial charge on any atom is -0.364 e. The first-order chi connectivity index (χ1) is 9.67. The fraction of sp³-hybridized carbons (Fsp3) is 0.647. The fourth-order valence-electron chi connectivity index (χ4n) is 2.97. The van der Waals surface area contributed by atoms with Crippen molar-refractivity contribution in [1.29, 1.82) is 0 Å². The van der Waals surface area contributed by atoms with Crippen molar-refractivity contribution in [3.05, 3.63) is 29.3 Å². The third-order valence-electron chi connectivity index (χ3n) is 3.97. The molecule has 2 atom stereocenters. The number of rotatable bonds is 3. The van der Waals surface area contributed by atoms with Crippen LogP contribution >= 0.6 is 0 Å². The van der Waals surface area contributed by atoms with Crippen LogP contribution in [0, 0.1) is 17.6 Å². The molecule has 2 rings (SSSR count). The van der Waals surface area contributed by atoms with Gasteiger partial charge in [-0.05, 0) is 57.7 Å². The summed E-state index contributed by atoms with van der Waals surface area (Å²) in [7, 11) is 0. The van der Waals surface area contributed by atoms with Gasteiger partial charge in [-0.2, -0.15) is 0 Å². The maximum atomic E-state index is 14.4. The highest BCUT2D eigenvalue weighted by Gasteiger charge is 2.30. The summed E-state index contributed by atoms with van der Waals surface area (Å²) in [6.07, 6.45) is 0.978. The highest BCUT2D eigenvalue weighted by atomic mass is 19.1. The van der Waals surface area contributed by atoms with E-state index in [1.54, 1.807) is 0 Å². The molecule has 0 amide bonds. The topological polar surface area (TPSA) is 15.3 Å². The Hall–Kier alpha value is -1.16. The first kappa shape index (κ1) is 16.2. The summed E-state index contributed by atoms with van der Waals surface area (Å²) in [5.41, 5.74) is 0.694. The van der Waals surface area contributed by atoms with Crippen LogP contribution in [0.2, 0.25) is 0 Å². The number of halogens is 2. The lowest BCUT2D eigenvalue weighted by Crippen LogP contribution is -2.35. The molecule has 0 bridgehead atoms. The standard InChI is InChI=1S/C17H26F2N2/c1-11-6-12(2)21(10-11)16-14(18)7-13(8-15(16)19)9-20-17(3,4)5/h7-8,11-12,20H,6,9-10H2,1-5H3. The number of nitrogens with zero attached hydrogens (tertiary/aromatic N) is 1. The molecule has 1 fully saturated rings. The summed E-state index contributed by atoms with van der Waals surface area (Å²) in [5.74, 6) is -0.440. The van der Waals surface area contributed by atoms with Gasteiger partial charge < -0.3 is 10.2 Å². The molecule has 118 valence electrons. The van der Waals surface area contributed by atoms with Crippen molar-refractivity contribution < 1.29 is 8.78 Å². The smallest absolute Gasteiger partial charge is 0.149 e. The average molecular weight is 296 g/mol. The van der Waals surface area contributed by atoms with Crippen molar-refractivity contribution in [3.8, 4) is 0 Å². The second kappa shape index (κ2) is 5.91. The SMILES string of the molecule is CC1CC(C)N(c2c(F)cc(CNC(C)(C)C)cc2F)C1. The van der Waals surface area contributed by atoms with Gasteiger partial charge in [0.2, 0.25) is 0 Å². The normalized spacial score (nSPS) is 22.9. The highest BCUT2D eigenvalue weighted by Crippen LogP contribution is 2.33. The second-order valence-electron chi connectivity index (χ2n) is 7.35. The Kier molecular flexibility index (Phi) is 4.57. The molecule has 1 N–H and O–H groups in total. The lowest BCUT2D eigenvalue weighted by Gasteiger charge is -2.26. The lowest BCUT2D eigenvalue weighted by atomic mass is 10.1. The lowest BCUT2D eigenvalue weighted by molar-refractivity contribution is 0.422. The molecule has 1 aliphatic rings. The molecule has 1 aromatic rings. The van der Waals surface area contributed by atoms with Crippen LogP contribution in [0.4, 0.5) is 14.5 Å². The molecule has 1 heterocycles. The van der Waals surface area contributed by atoms with E-state index in [-0.39, 0.29) is 17.3 Å². The van der Waals surface area contributed by atoms with Crippen LogP contribution in [0.15, 0.2) is 12.1 Å². The Morgan fingerprint density at radius 2 is 1.76 bits per heavy atom. The molecular weight excluding hydrogens is 270 g/mol. The van der Waals surface area contributed by atoms with Crippen LogP contribution in [0.5, 0.6) is 0 Å². The van der Waals surface area contributed by atoms with Gasteiger partial charge >= 0.3 is 0 Å². The molecule has 1 aromatic carbocycles. The molecule has 1 saturated heterocycles. The summed E-state index contributed by atoms with van der Waals surface area (Å²) in [6.45, 7) is 11.4. The van der Waals surface area contributed by atoms with Gasteiger partial charge in [0, 0.05) is 24.7 Å². The van der Waals surface area contributed by atoms with Gasteiger partial charge in [0.15, 0.2) is 0 Å². The van der Waals surface area contributed by atoms with E-state index in [1.165, 1.54) is 12.1 Å². The summed E-state index contributed by atoms with van der Waals surface area (Å²) in [5, 5.41) is 3.25. The van der Waals surface area contributed by atoms with Crippen molar-refractivity contribution in [3.63, 3.8) is 0 Å². The van der Waals surface area contributed by atoms with E-state index in [1.807, 2.05) is 32.6 Å². The summed E-state index contributed by atoms with van der Waals surface area (Å²) in [6, 6.07) is 3.09. The van der Waals surface area contributed by atoms with E-state index >= 15 is 0 Å². The Morgan fingerprint density at radius 3 is 2.19 bits per heavy atom. The van der Waals surface area contributed by atoms with Crippen molar-refractivity contribution in [1.82, 2.24) is 5.32 Å². The predicted octanol–water partition coefficient (Wildman–Crippen LogP) is 4.09. The molecule has 4 heteroatoms. The fourth-order valence-corrected chi connectivity index (χ4v) is 2.97. The van der Waals surface area contributed by atoms with Crippen LogP contribution in [-0.4, -0.2) is 18.1 Å². The molecular formula is C17H26F2N2. The van der Waals surface area contributed by atoms with Crippen molar-refractivity contribution in [2.24, 2.45) is 5.92 Å². The molecule has 2 nitrogen and oxygen atoms in total. The van der Waals surface area contributed by atoms with E-state index in [0.29, 0.717) is 24.6 Å². The largest absolute Gasteiger partial charge is 0.364 e. The molecule has 0 radical (unpaired) electrons. The average Bonchev–Trinajstić information content (AvgIpc) is 2.64. The van der Waals surface area contributed by atoms with Gasteiger partial charge in [-0.25, -0.2) is 8.78 Å². The van der Waals surface area contributed by atoms with Crippen LogP contribution in [0.3, 0.4) is 0 Å². The van der Waals surface area contributed by atoms with E-state index < -0.39 is 11.6 Å². The monoisotopic (exact) mass is 296 g/mol. The second-order valence-corrected chi connectivity index (χ2v) is 7.35. The molecule has 2 unspecified atom stereocenters. The summed E-state index contributed by atoms with van der Waals surface area (Å²) < 4.78 is 28.7. The number of hydrogen-bond donors (Lipinski definition) is 1. The van der Waals surface area contributed by atoms with Gasteiger partial charge in [0.25, 0.3) is 0 Å². The van der Waals surface area contributed by atoms with Gasteiger partial charge in [-0.15, -0.1) is 0 Å². The predicted molar refractivity (Wildman–Crippen MR) is 83.5 cm³/mol. The summed E-state index contributed by atoms with van der Waals surface area (Å²) >= 11 is 0. The van der Waals surface area contributed by atoms with Crippen molar-refractivity contribution in [2.75, 3.05) is 11.4 Å². The van der Waals surface area contributed by atoms with E-state index in [9.17, 15) is 8.78 Å². The highest BCUT2D eigenvalue weighted by molar-refractivity contribution is 5.52. The Labute approximate surface area is 126 Å². The third-order valence-corrected chi connectivity index (χ3v) is 3.97. The number of nitrogens with one attached hydrogen (secondary N) is 1. The zero-order valence-electron chi connectivity index (χ0n) is 13.6. The van der Waals surface area contributed by atoms with Crippen LogP contribution in [0.1, 0.15) is 46.6 Å². The number of hydrogen-bond acceptors (Lipinski definition) is 2. The molecule has 1 aliphatic heterocycles. The first-order valence-corrected chi connectivity index (χ1v) is 7.67. The minimum absolute atomic E-state index is 0.0788. The molecule has 0 saturated carbocycles. The number of anilines is 1. The Balaban J connectivity index is 2.21. The molecule has 0 aromatic heterocycles. The molecule has 21 heavy (non-hydrogen) atoms. The van der Waals surface area contributed by atoms with Gasteiger partial charge in [0.05, 0.1) is 0 Å². The quantitative estimate of drug-likeness (QED) is 0.904. The number of benzene rings is 1. The van der Waals surface area contributed by atoms with E-state index in [0.717, 1.165) is 6.42 Å². The van der Waals surface area contributed by atoms with E-state index in [2.05, 4.69) is 12.2 Å². The first-order valence-electron chi connectivity index (χ1n) is 7.67. The zero-order valence-corrected chi connectivity index (χ0v) is 13.6. The molecule has 0 aliphatic carbocycles. The maximum absolute atomic E-state index is 14.4. The third kappa shape index (κ3) is 3.94. The van der Waals surface area contributed by atoms with Crippen molar-refractivity contribution >= 4 is 5.69 Å². The Bertz CT molecular complexity index is 485.